The van der Waals surface area contributed by atoms with E-state index in [0.29, 0.717) is 16.8 Å². The Bertz CT molecular complexity index is 582. The van der Waals surface area contributed by atoms with E-state index in [9.17, 15) is 8.78 Å². The molecule has 2 rings (SSSR count). The predicted molar refractivity (Wildman–Crippen MR) is 65.0 cm³/mol. The highest BCUT2D eigenvalue weighted by molar-refractivity contribution is 5.90. The fraction of sp³-hybridized carbons (Fsp3) is 0. The van der Waals surface area contributed by atoms with E-state index < -0.39 is 11.6 Å². The third kappa shape index (κ3) is 1.87. The SMILES string of the molecule is Nc1ccc(-c2ccc(F)c(F)c2)c(N)c1N. The molecule has 0 saturated carbocycles. The van der Waals surface area contributed by atoms with Crippen LogP contribution < -0.4 is 17.2 Å². The number of nitrogen functional groups attached to an aromatic ring is 3. The Kier molecular flexibility index (Phi) is 2.59. The number of benzene rings is 2. The van der Waals surface area contributed by atoms with Crippen molar-refractivity contribution < 1.29 is 8.78 Å². The highest BCUT2D eigenvalue weighted by Gasteiger charge is 2.10. The van der Waals surface area contributed by atoms with Crippen LogP contribution in [0.3, 0.4) is 0 Å². The van der Waals surface area contributed by atoms with E-state index in [-0.39, 0.29) is 11.4 Å². The monoisotopic (exact) mass is 235 g/mol. The van der Waals surface area contributed by atoms with Gasteiger partial charge in [0.15, 0.2) is 11.6 Å². The summed E-state index contributed by atoms with van der Waals surface area (Å²) < 4.78 is 25.9. The molecule has 2 aromatic carbocycles. The van der Waals surface area contributed by atoms with E-state index >= 15 is 0 Å². The van der Waals surface area contributed by atoms with Gasteiger partial charge in [-0.3, -0.25) is 0 Å². The third-order valence-electron chi connectivity index (χ3n) is 2.55. The predicted octanol–water partition coefficient (Wildman–Crippen LogP) is 2.38. The summed E-state index contributed by atoms with van der Waals surface area (Å²) in [4.78, 5) is 0. The summed E-state index contributed by atoms with van der Waals surface area (Å²) in [5.74, 6) is -1.84. The first kappa shape index (κ1) is 11.2. The van der Waals surface area contributed by atoms with Crippen LogP contribution in [0.25, 0.3) is 11.1 Å². The Hall–Kier alpha value is -2.30. The highest BCUT2D eigenvalue weighted by Crippen LogP contribution is 2.34. The molecular weight excluding hydrogens is 224 g/mol. The van der Waals surface area contributed by atoms with Crippen LogP contribution in [-0.4, -0.2) is 0 Å². The van der Waals surface area contributed by atoms with Crippen molar-refractivity contribution in [3.63, 3.8) is 0 Å². The van der Waals surface area contributed by atoms with Crippen LogP contribution >= 0.6 is 0 Å². The first-order chi connectivity index (χ1) is 8.00. The standard InChI is InChI=1S/C12H11F2N3/c13-8-3-1-6(5-9(8)14)7-2-4-10(15)12(17)11(7)16/h1-5H,15-17H2. The Morgan fingerprint density at radius 3 is 2.12 bits per heavy atom. The zero-order chi connectivity index (χ0) is 12.6. The molecule has 2 aromatic rings. The van der Waals surface area contributed by atoms with Crippen LogP contribution in [0.15, 0.2) is 30.3 Å². The largest absolute Gasteiger partial charge is 0.397 e. The second-order valence-corrected chi connectivity index (χ2v) is 3.66. The zero-order valence-corrected chi connectivity index (χ0v) is 8.87. The average molecular weight is 235 g/mol. The molecule has 0 saturated heterocycles. The van der Waals surface area contributed by atoms with Gasteiger partial charge in [0.25, 0.3) is 0 Å². The zero-order valence-electron chi connectivity index (χ0n) is 8.87. The molecule has 17 heavy (non-hydrogen) atoms. The maximum absolute atomic E-state index is 13.1. The van der Waals surface area contributed by atoms with Crippen LogP contribution in [0.1, 0.15) is 0 Å². The van der Waals surface area contributed by atoms with Crippen LogP contribution in [0.2, 0.25) is 0 Å². The van der Waals surface area contributed by atoms with E-state index in [1.54, 1.807) is 12.1 Å². The van der Waals surface area contributed by atoms with Gasteiger partial charge in [0, 0.05) is 5.56 Å². The van der Waals surface area contributed by atoms with Gasteiger partial charge < -0.3 is 17.2 Å². The summed E-state index contributed by atoms with van der Waals surface area (Å²) in [5.41, 5.74) is 18.9. The maximum atomic E-state index is 13.1. The van der Waals surface area contributed by atoms with Gasteiger partial charge in [0.05, 0.1) is 17.1 Å². The van der Waals surface area contributed by atoms with Crippen LogP contribution in [0.4, 0.5) is 25.8 Å². The van der Waals surface area contributed by atoms with Crippen molar-refractivity contribution in [1.82, 2.24) is 0 Å². The van der Waals surface area contributed by atoms with Crippen molar-refractivity contribution >= 4 is 17.1 Å². The van der Waals surface area contributed by atoms with Crippen molar-refractivity contribution in [3.8, 4) is 11.1 Å². The Labute approximate surface area is 96.8 Å². The smallest absolute Gasteiger partial charge is 0.159 e. The van der Waals surface area contributed by atoms with Gasteiger partial charge in [-0.05, 0) is 23.8 Å². The number of rotatable bonds is 1. The molecule has 5 heteroatoms. The highest BCUT2D eigenvalue weighted by atomic mass is 19.2. The lowest BCUT2D eigenvalue weighted by molar-refractivity contribution is 0.509. The van der Waals surface area contributed by atoms with E-state index in [1.165, 1.54) is 6.07 Å². The molecular formula is C12H11F2N3. The number of nitrogens with two attached hydrogens (primary N) is 3. The lowest BCUT2D eigenvalue weighted by Crippen LogP contribution is -2.01. The molecule has 0 spiro atoms. The van der Waals surface area contributed by atoms with Crippen LogP contribution in [-0.2, 0) is 0 Å². The number of hydrogen-bond acceptors (Lipinski definition) is 3. The fourth-order valence-electron chi connectivity index (χ4n) is 1.57. The van der Waals surface area contributed by atoms with Gasteiger partial charge in [-0.1, -0.05) is 12.1 Å². The molecule has 0 aromatic heterocycles. The van der Waals surface area contributed by atoms with Crippen LogP contribution in [0.5, 0.6) is 0 Å². The Morgan fingerprint density at radius 1 is 0.765 bits per heavy atom. The second kappa shape index (κ2) is 3.93. The molecule has 0 aliphatic rings. The number of hydrogen-bond donors (Lipinski definition) is 3. The minimum absolute atomic E-state index is 0.243. The molecule has 0 unspecified atom stereocenters. The molecule has 0 atom stereocenters. The van der Waals surface area contributed by atoms with Crippen molar-refractivity contribution in [1.29, 1.82) is 0 Å². The van der Waals surface area contributed by atoms with Gasteiger partial charge >= 0.3 is 0 Å². The van der Waals surface area contributed by atoms with Crippen molar-refractivity contribution in [2.24, 2.45) is 0 Å². The molecule has 3 nitrogen and oxygen atoms in total. The minimum atomic E-state index is -0.933. The molecule has 0 bridgehead atoms. The summed E-state index contributed by atoms with van der Waals surface area (Å²) in [6.45, 7) is 0. The normalized spacial score (nSPS) is 10.5. The topological polar surface area (TPSA) is 78.1 Å². The molecule has 0 aliphatic carbocycles. The molecule has 0 amide bonds. The van der Waals surface area contributed by atoms with E-state index in [4.69, 9.17) is 17.2 Å². The molecule has 0 fully saturated rings. The second-order valence-electron chi connectivity index (χ2n) is 3.66. The first-order valence-electron chi connectivity index (χ1n) is 4.89. The molecule has 6 N–H and O–H groups in total. The van der Waals surface area contributed by atoms with Crippen molar-refractivity contribution in [2.45, 2.75) is 0 Å². The summed E-state index contributed by atoms with van der Waals surface area (Å²) in [5, 5.41) is 0. The molecule has 0 radical (unpaired) electrons. The summed E-state index contributed by atoms with van der Waals surface area (Å²) in [7, 11) is 0. The maximum Gasteiger partial charge on any atom is 0.159 e. The van der Waals surface area contributed by atoms with E-state index in [1.807, 2.05) is 0 Å². The Morgan fingerprint density at radius 2 is 1.47 bits per heavy atom. The van der Waals surface area contributed by atoms with Crippen molar-refractivity contribution in [3.05, 3.63) is 42.0 Å². The van der Waals surface area contributed by atoms with E-state index in [0.717, 1.165) is 12.1 Å². The quantitative estimate of drug-likeness (QED) is 0.664. The van der Waals surface area contributed by atoms with Gasteiger partial charge in [-0.15, -0.1) is 0 Å². The lowest BCUT2D eigenvalue weighted by atomic mass is 10.0. The minimum Gasteiger partial charge on any atom is -0.397 e. The summed E-state index contributed by atoms with van der Waals surface area (Å²) >= 11 is 0. The molecule has 88 valence electrons. The van der Waals surface area contributed by atoms with Crippen molar-refractivity contribution in [2.75, 3.05) is 17.2 Å². The van der Waals surface area contributed by atoms with E-state index in [2.05, 4.69) is 0 Å². The Balaban J connectivity index is 2.61. The van der Waals surface area contributed by atoms with Gasteiger partial charge in [0.2, 0.25) is 0 Å². The fourth-order valence-corrected chi connectivity index (χ4v) is 1.57. The van der Waals surface area contributed by atoms with Gasteiger partial charge in [-0.25, -0.2) is 8.78 Å². The summed E-state index contributed by atoms with van der Waals surface area (Å²) in [6.07, 6.45) is 0. The summed E-state index contributed by atoms with van der Waals surface area (Å²) in [6, 6.07) is 6.73. The first-order valence-corrected chi connectivity index (χ1v) is 4.89. The van der Waals surface area contributed by atoms with Crippen LogP contribution in [0, 0.1) is 11.6 Å². The lowest BCUT2D eigenvalue weighted by Gasteiger charge is -2.10. The molecule has 0 aliphatic heterocycles. The van der Waals surface area contributed by atoms with Gasteiger partial charge in [0.1, 0.15) is 0 Å². The number of anilines is 3. The van der Waals surface area contributed by atoms with Gasteiger partial charge in [-0.2, -0.15) is 0 Å². The molecule has 0 heterocycles. The third-order valence-corrected chi connectivity index (χ3v) is 2.55. The number of halogens is 2. The average Bonchev–Trinajstić information content (AvgIpc) is 2.30.